The van der Waals surface area contributed by atoms with Gasteiger partial charge in [0.1, 0.15) is 0 Å². The van der Waals surface area contributed by atoms with Crippen molar-refractivity contribution in [1.82, 2.24) is 0 Å². The summed E-state index contributed by atoms with van der Waals surface area (Å²) >= 11 is 1.32. The van der Waals surface area contributed by atoms with Crippen LogP contribution in [-0.2, 0) is 25.5 Å². The lowest BCUT2D eigenvalue weighted by Crippen LogP contribution is -2.34. The molecule has 0 bridgehead atoms. The smallest absolute Gasteiger partial charge is 0.308 e. The minimum atomic E-state index is -0.956. The van der Waals surface area contributed by atoms with Crippen molar-refractivity contribution in [2.24, 2.45) is 0 Å². The maximum Gasteiger partial charge on any atom is 0.308 e. The molecule has 2 aromatic carbocycles. The van der Waals surface area contributed by atoms with E-state index in [1.165, 1.54) is 24.2 Å². The fraction of sp³-hybridized carbons (Fsp3) is 0.286. The number of carbonyl (C=O) groups is 3. The lowest BCUT2D eigenvalue weighted by Gasteiger charge is -2.23. The third-order valence-corrected chi connectivity index (χ3v) is 5.64. The van der Waals surface area contributed by atoms with E-state index in [0.717, 1.165) is 17.0 Å². The zero-order valence-corrected chi connectivity index (χ0v) is 16.5. The Hall–Kier alpha value is -2.80. The highest BCUT2D eigenvalue weighted by Gasteiger charge is 2.30. The molecular formula is C21H22N2O4S. The van der Waals surface area contributed by atoms with Gasteiger partial charge in [-0.05, 0) is 43.2 Å². The van der Waals surface area contributed by atoms with Gasteiger partial charge >= 0.3 is 5.97 Å². The van der Waals surface area contributed by atoms with Gasteiger partial charge < -0.3 is 15.4 Å². The van der Waals surface area contributed by atoms with Crippen molar-refractivity contribution in [3.63, 3.8) is 0 Å². The highest BCUT2D eigenvalue weighted by molar-refractivity contribution is 8.01. The van der Waals surface area contributed by atoms with Crippen molar-refractivity contribution in [2.45, 2.75) is 42.9 Å². The number of hydrogen-bond acceptors (Lipinski definition) is 5. The molecule has 0 saturated carbocycles. The van der Waals surface area contributed by atoms with E-state index in [9.17, 15) is 14.4 Å². The number of thioether (sulfide) groups is 1. The zero-order chi connectivity index (χ0) is 20.1. The van der Waals surface area contributed by atoms with Crippen LogP contribution in [0.5, 0.6) is 0 Å². The average molecular weight is 398 g/mol. The molecular weight excluding hydrogens is 376 g/mol. The first kappa shape index (κ1) is 19.9. The zero-order valence-electron chi connectivity index (χ0n) is 15.7. The predicted octanol–water partition coefficient (Wildman–Crippen LogP) is 3.62. The van der Waals surface area contributed by atoms with Crippen LogP contribution in [0, 0.1) is 0 Å². The van der Waals surface area contributed by atoms with Gasteiger partial charge in [0, 0.05) is 10.6 Å². The van der Waals surface area contributed by atoms with Crippen LogP contribution in [0.25, 0.3) is 0 Å². The second-order valence-electron chi connectivity index (χ2n) is 6.47. The van der Waals surface area contributed by atoms with E-state index in [4.69, 9.17) is 4.74 Å². The molecule has 2 amide bonds. The van der Waals surface area contributed by atoms with Crippen molar-refractivity contribution in [1.29, 1.82) is 0 Å². The van der Waals surface area contributed by atoms with Gasteiger partial charge in [-0.3, -0.25) is 14.4 Å². The van der Waals surface area contributed by atoms with Crippen LogP contribution in [0.3, 0.4) is 0 Å². The highest BCUT2D eigenvalue weighted by Crippen LogP contribution is 2.36. The molecule has 3 rings (SSSR count). The minimum absolute atomic E-state index is 0.104. The number of amides is 2. The van der Waals surface area contributed by atoms with Crippen LogP contribution in [0.2, 0.25) is 0 Å². The third-order valence-electron chi connectivity index (χ3n) is 4.37. The summed E-state index contributed by atoms with van der Waals surface area (Å²) < 4.78 is 5.22. The number of hydrogen-bond donors (Lipinski definition) is 2. The van der Waals surface area contributed by atoms with Crippen molar-refractivity contribution in [2.75, 3.05) is 10.6 Å². The largest absolute Gasteiger partial charge is 0.452 e. The van der Waals surface area contributed by atoms with Crippen LogP contribution in [-0.4, -0.2) is 29.1 Å². The first-order chi connectivity index (χ1) is 13.5. The fourth-order valence-corrected chi connectivity index (χ4v) is 3.84. The molecule has 0 saturated heterocycles. The Bertz CT molecular complexity index is 882. The molecule has 0 unspecified atom stereocenters. The standard InChI is InChI=1S/C21H22N2O4S/c1-3-14-8-10-15(11-9-14)22-20(25)13(2)27-19(24)12-18-21(26)23-16-6-4-5-7-17(16)28-18/h4-11,13,18H,3,12H2,1-2H3,(H,22,25)(H,23,26)/t13-,18-/m0/s1. The molecule has 2 N–H and O–H groups in total. The Balaban J connectivity index is 1.52. The van der Waals surface area contributed by atoms with Gasteiger partial charge in [-0.15, -0.1) is 11.8 Å². The maximum absolute atomic E-state index is 12.2. The van der Waals surface area contributed by atoms with Gasteiger partial charge in [-0.1, -0.05) is 31.2 Å². The molecule has 6 nitrogen and oxygen atoms in total. The number of anilines is 2. The van der Waals surface area contributed by atoms with Crippen LogP contribution >= 0.6 is 11.8 Å². The molecule has 2 aromatic rings. The summed E-state index contributed by atoms with van der Waals surface area (Å²) in [5.74, 6) is -1.24. The molecule has 0 fully saturated rings. The minimum Gasteiger partial charge on any atom is -0.452 e. The van der Waals surface area contributed by atoms with Crippen LogP contribution in [0.4, 0.5) is 11.4 Å². The van der Waals surface area contributed by atoms with E-state index in [0.29, 0.717) is 5.69 Å². The third kappa shape index (κ3) is 4.92. The van der Waals surface area contributed by atoms with Gasteiger partial charge in [-0.2, -0.15) is 0 Å². The highest BCUT2D eigenvalue weighted by atomic mass is 32.2. The van der Waals surface area contributed by atoms with Crippen molar-refractivity contribution >= 4 is 40.9 Å². The average Bonchev–Trinajstić information content (AvgIpc) is 2.69. The van der Waals surface area contributed by atoms with E-state index in [2.05, 4.69) is 17.6 Å². The number of para-hydroxylation sites is 1. The van der Waals surface area contributed by atoms with Gasteiger partial charge in [0.15, 0.2) is 6.10 Å². The number of benzene rings is 2. The van der Waals surface area contributed by atoms with Gasteiger partial charge in [0.25, 0.3) is 5.91 Å². The first-order valence-corrected chi connectivity index (χ1v) is 10.00. The number of rotatable bonds is 6. The van der Waals surface area contributed by atoms with E-state index in [-0.39, 0.29) is 12.3 Å². The molecule has 7 heteroatoms. The molecule has 0 spiro atoms. The number of carbonyl (C=O) groups excluding carboxylic acids is 3. The van der Waals surface area contributed by atoms with E-state index < -0.39 is 23.2 Å². The van der Waals surface area contributed by atoms with Crippen molar-refractivity contribution < 1.29 is 19.1 Å². The first-order valence-electron chi connectivity index (χ1n) is 9.12. The maximum atomic E-state index is 12.2. The summed E-state index contributed by atoms with van der Waals surface area (Å²) in [5.41, 5.74) is 2.55. The molecule has 0 aliphatic carbocycles. The van der Waals surface area contributed by atoms with Crippen molar-refractivity contribution in [3.05, 3.63) is 54.1 Å². The lowest BCUT2D eigenvalue weighted by atomic mass is 10.1. The van der Waals surface area contributed by atoms with Gasteiger partial charge in [0.05, 0.1) is 17.4 Å². The number of fused-ring (bicyclic) bond motifs is 1. The number of aryl methyl sites for hydroxylation is 1. The van der Waals surface area contributed by atoms with E-state index in [1.54, 1.807) is 0 Å². The molecule has 146 valence electrons. The number of ether oxygens (including phenoxy) is 1. The van der Waals surface area contributed by atoms with E-state index >= 15 is 0 Å². The molecule has 2 atom stereocenters. The van der Waals surface area contributed by atoms with Crippen LogP contribution < -0.4 is 10.6 Å². The monoisotopic (exact) mass is 398 g/mol. The second kappa shape index (κ2) is 8.93. The Labute approximate surface area is 168 Å². The van der Waals surface area contributed by atoms with Gasteiger partial charge in [0.2, 0.25) is 5.91 Å². The summed E-state index contributed by atoms with van der Waals surface area (Å²) in [6, 6.07) is 14.9. The quantitative estimate of drug-likeness (QED) is 0.726. The predicted molar refractivity (Wildman–Crippen MR) is 109 cm³/mol. The molecule has 28 heavy (non-hydrogen) atoms. The molecule has 1 aliphatic heterocycles. The summed E-state index contributed by atoms with van der Waals surface area (Å²) in [4.78, 5) is 37.6. The summed E-state index contributed by atoms with van der Waals surface area (Å²) in [5, 5.41) is 4.93. The molecule has 0 aromatic heterocycles. The topological polar surface area (TPSA) is 84.5 Å². The second-order valence-corrected chi connectivity index (χ2v) is 7.71. The molecule has 0 radical (unpaired) electrons. The van der Waals surface area contributed by atoms with E-state index in [1.807, 2.05) is 48.5 Å². The van der Waals surface area contributed by atoms with Crippen molar-refractivity contribution in [3.8, 4) is 0 Å². The summed E-state index contributed by atoms with van der Waals surface area (Å²) in [6.07, 6.45) is -0.144. The Morgan fingerprint density at radius 3 is 2.61 bits per heavy atom. The van der Waals surface area contributed by atoms with Gasteiger partial charge in [-0.25, -0.2) is 0 Å². The number of esters is 1. The lowest BCUT2D eigenvalue weighted by molar-refractivity contribution is -0.153. The number of nitrogens with one attached hydrogen (secondary N) is 2. The normalized spacial score (nSPS) is 16.5. The summed E-state index contributed by atoms with van der Waals surface area (Å²) in [7, 11) is 0. The Kier molecular flexibility index (Phi) is 6.36. The summed E-state index contributed by atoms with van der Waals surface area (Å²) in [6.45, 7) is 3.57. The SMILES string of the molecule is CCc1ccc(NC(=O)[C@H](C)OC(=O)C[C@@H]2Sc3ccccc3NC2=O)cc1. The van der Waals surface area contributed by atoms with Crippen LogP contribution in [0.15, 0.2) is 53.4 Å². The molecule has 1 heterocycles. The Morgan fingerprint density at radius 1 is 1.18 bits per heavy atom. The van der Waals surface area contributed by atoms with Crippen LogP contribution in [0.1, 0.15) is 25.8 Å². The Morgan fingerprint density at radius 2 is 1.89 bits per heavy atom. The molecule has 1 aliphatic rings. The fourth-order valence-electron chi connectivity index (χ4n) is 2.74.